The van der Waals surface area contributed by atoms with Gasteiger partial charge in [-0.05, 0) is 61.6 Å². The minimum atomic E-state index is 0.353. The number of hydrogen-bond acceptors (Lipinski definition) is 2. The van der Waals surface area contributed by atoms with Gasteiger partial charge in [-0.1, -0.05) is 19.1 Å². The molecule has 0 spiro atoms. The predicted octanol–water partition coefficient (Wildman–Crippen LogP) is 3.43. The minimum absolute atomic E-state index is 0.353. The SMILES string of the molecule is CCc1ccc(OCC2CCC(CO)CC2)cc1. The molecule has 0 bridgehead atoms. The number of aliphatic hydroxyl groups excluding tert-OH is 1. The van der Waals surface area contributed by atoms with Gasteiger partial charge in [-0.15, -0.1) is 0 Å². The molecule has 0 aromatic heterocycles. The second-order valence-corrected chi connectivity index (χ2v) is 5.38. The summed E-state index contributed by atoms with van der Waals surface area (Å²) in [5, 5.41) is 9.10. The smallest absolute Gasteiger partial charge is 0.119 e. The molecular formula is C16H24O2. The van der Waals surface area contributed by atoms with Gasteiger partial charge in [0, 0.05) is 6.61 Å². The fourth-order valence-corrected chi connectivity index (χ4v) is 2.62. The molecule has 0 aliphatic heterocycles. The molecule has 2 rings (SSSR count). The third-order valence-corrected chi connectivity index (χ3v) is 4.04. The molecule has 0 atom stereocenters. The Kier molecular flexibility index (Phi) is 5.06. The van der Waals surface area contributed by atoms with Crippen LogP contribution in [0.15, 0.2) is 24.3 Å². The molecule has 1 aromatic rings. The van der Waals surface area contributed by atoms with Gasteiger partial charge in [-0.25, -0.2) is 0 Å². The zero-order chi connectivity index (χ0) is 12.8. The van der Waals surface area contributed by atoms with E-state index in [9.17, 15) is 0 Å². The zero-order valence-corrected chi connectivity index (χ0v) is 11.3. The molecule has 1 aliphatic rings. The Morgan fingerprint density at radius 3 is 2.22 bits per heavy atom. The van der Waals surface area contributed by atoms with Gasteiger partial charge in [0.05, 0.1) is 6.61 Å². The first kappa shape index (κ1) is 13.4. The van der Waals surface area contributed by atoms with Crippen molar-refractivity contribution in [3.05, 3.63) is 29.8 Å². The standard InChI is InChI=1S/C16H24O2/c1-2-13-7-9-16(10-8-13)18-12-15-5-3-14(11-17)4-6-15/h7-10,14-15,17H,2-6,11-12H2,1H3. The minimum Gasteiger partial charge on any atom is -0.493 e. The summed E-state index contributed by atoms with van der Waals surface area (Å²) in [6.45, 7) is 3.34. The van der Waals surface area contributed by atoms with E-state index in [0.717, 1.165) is 31.6 Å². The molecule has 1 aliphatic carbocycles. The number of benzene rings is 1. The topological polar surface area (TPSA) is 29.5 Å². The number of hydrogen-bond donors (Lipinski definition) is 1. The highest BCUT2D eigenvalue weighted by atomic mass is 16.5. The molecule has 0 radical (unpaired) electrons. The largest absolute Gasteiger partial charge is 0.493 e. The zero-order valence-electron chi connectivity index (χ0n) is 11.3. The molecular weight excluding hydrogens is 224 g/mol. The van der Waals surface area contributed by atoms with Crippen molar-refractivity contribution in [3.8, 4) is 5.75 Å². The second kappa shape index (κ2) is 6.79. The first-order valence-electron chi connectivity index (χ1n) is 7.14. The van der Waals surface area contributed by atoms with Crippen LogP contribution in [0.5, 0.6) is 5.75 Å². The molecule has 18 heavy (non-hydrogen) atoms. The summed E-state index contributed by atoms with van der Waals surface area (Å²) in [6.07, 6.45) is 5.76. The van der Waals surface area contributed by atoms with Gasteiger partial charge >= 0.3 is 0 Å². The normalized spacial score (nSPS) is 23.9. The number of ether oxygens (including phenoxy) is 1. The van der Waals surface area contributed by atoms with Crippen molar-refractivity contribution in [2.75, 3.05) is 13.2 Å². The van der Waals surface area contributed by atoms with E-state index in [1.54, 1.807) is 0 Å². The Morgan fingerprint density at radius 1 is 1.06 bits per heavy atom. The summed E-state index contributed by atoms with van der Waals surface area (Å²) >= 11 is 0. The van der Waals surface area contributed by atoms with Crippen LogP contribution < -0.4 is 4.74 Å². The van der Waals surface area contributed by atoms with Gasteiger partial charge in [-0.3, -0.25) is 0 Å². The van der Waals surface area contributed by atoms with Crippen molar-refractivity contribution in [2.24, 2.45) is 11.8 Å². The monoisotopic (exact) mass is 248 g/mol. The van der Waals surface area contributed by atoms with E-state index < -0.39 is 0 Å². The van der Waals surface area contributed by atoms with E-state index in [0.29, 0.717) is 18.4 Å². The number of aryl methyl sites for hydroxylation is 1. The molecule has 2 heteroatoms. The second-order valence-electron chi connectivity index (χ2n) is 5.38. The molecule has 0 saturated heterocycles. The summed E-state index contributed by atoms with van der Waals surface area (Å²) < 4.78 is 5.85. The summed E-state index contributed by atoms with van der Waals surface area (Å²) in [6, 6.07) is 8.41. The lowest BCUT2D eigenvalue weighted by molar-refractivity contribution is 0.139. The van der Waals surface area contributed by atoms with Crippen LogP contribution in [0.2, 0.25) is 0 Å². The Balaban J connectivity index is 1.74. The maximum atomic E-state index is 9.10. The van der Waals surface area contributed by atoms with Crippen LogP contribution >= 0.6 is 0 Å². The van der Waals surface area contributed by atoms with Crippen LogP contribution in [0.3, 0.4) is 0 Å². The lowest BCUT2D eigenvalue weighted by Crippen LogP contribution is -2.21. The van der Waals surface area contributed by atoms with E-state index in [-0.39, 0.29) is 0 Å². The number of aliphatic hydroxyl groups is 1. The Hall–Kier alpha value is -1.02. The Bertz CT molecular complexity index is 337. The average molecular weight is 248 g/mol. The first-order chi connectivity index (χ1) is 8.81. The van der Waals surface area contributed by atoms with Crippen molar-refractivity contribution in [3.63, 3.8) is 0 Å². The summed E-state index contributed by atoms with van der Waals surface area (Å²) in [5.41, 5.74) is 1.35. The maximum Gasteiger partial charge on any atom is 0.119 e. The van der Waals surface area contributed by atoms with Gasteiger partial charge in [0.1, 0.15) is 5.75 Å². The van der Waals surface area contributed by atoms with Crippen molar-refractivity contribution < 1.29 is 9.84 Å². The van der Waals surface area contributed by atoms with E-state index in [1.165, 1.54) is 18.4 Å². The summed E-state index contributed by atoms with van der Waals surface area (Å²) in [7, 11) is 0. The van der Waals surface area contributed by atoms with Gasteiger partial charge in [-0.2, -0.15) is 0 Å². The molecule has 0 amide bonds. The van der Waals surface area contributed by atoms with E-state index in [2.05, 4.69) is 31.2 Å². The molecule has 100 valence electrons. The predicted molar refractivity (Wildman–Crippen MR) is 73.8 cm³/mol. The number of rotatable bonds is 5. The Morgan fingerprint density at radius 2 is 1.67 bits per heavy atom. The van der Waals surface area contributed by atoms with Crippen LogP contribution in [0.4, 0.5) is 0 Å². The van der Waals surface area contributed by atoms with Crippen molar-refractivity contribution >= 4 is 0 Å². The maximum absolute atomic E-state index is 9.10. The molecule has 1 aromatic carbocycles. The molecule has 0 unspecified atom stereocenters. The lowest BCUT2D eigenvalue weighted by Gasteiger charge is -2.27. The fraction of sp³-hybridized carbons (Fsp3) is 0.625. The van der Waals surface area contributed by atoms with Gasteiger partial charge in [0.2, 0.25) is 0 Å². The molecule has 1 saturated carbocycles. The first-order valence-corrected chi connectivity index (χ1v) is 7.14. The molecule has 1 fully saturated rings. The highest BCUT2D eigenvalue weighted by Gasteiger charge is 2.20. The Labute approximate surface area is 110 Å². The molecule has 1 N–H and O–H groups in total. The summed E-state index contributed by atoms with van der Waals surface area (Å²) in [4.78, 5) is 0. The highest BCUT2D eigenvalue weighted by Crippen LogP contribution is 2.29. The van der Waals surface area contributed by atoms with Crippen molar-refractivity contribution in [1.29, 1.82) is 0 Å². The third kappa shape index (κ3) is 3.74. The van der Waals surface area contributed by atoms with Crippen LogP contribution in [0.25, 0.3) is 0 Å². The van der Waals surface area contributed by atoms with E-state index in [1.807, 2.05) is 0 Å². The fourth-order valence-electron chi connectivity index (χ4n) is 2.62. The lowest BCUT2D eigenvalue weighted by atomic mass is 9.83. The van der Waals surface area contributed by atoms with E-state index >= 15 is 0 Å². The quantitative estimate of drug-likeness (QED) is 0.865. The van der Waals surface area contributed by atoms with Gasteiger partial charge < -0.3 is 9.84 Å². The van der Waals surface area contributed by atoms with Crippen molar-refractivity contribution in [1.82, 2.24) is 0 Å². The van der Waals surface area contributed by atoms with Crippen molar-refractivity contribution in [2.45, 2.75) is 39.0 Å². The molecule has 2 nitrogen and oxygen atoms in total. The van der Waals surface area contributed by atoms with Crippen LogP contribution in [-0.4, -0.2) is 18.3 Å². The van der Waals surface area contributed by atoms with Crippen LogP contribution in [0.1, 0.15) is 38.2 Å². The van der Waals surface area contributed by atoms with E-state index in [4.69, 9.17) is 9.84 Å². The van der Waals surface area contributed by atoms with Gasteiger partial charge in [0.25, 0.3) is 0 Å². The average Bonchev–Trinajstić information content (AvgIpc) is 2.46. The molecule has 0 heterocycles. The third-order valence-electron chi connectivity index (χ3n) is 4.04. The highest BCUT2D eigenvalue weighted by molar-refractivity contribution is 5.27. The van der Waals surface area contributed by atoms with Crippen LogP contribution in [0, 0.1) is 11.8 Å². The van der Waals surface area contributed by atoms with Crippen LogP contribution in [-0.2, 0) is 6.42 Å². The van der Waals surface area contributed by atoms with Gasteiger partial charge in [0.15, 0.2) is 0 Å². The summed E-state index contributed by atoms with van der Waals surface area (Å²) in [5.74, 6) is 2.18.